The number of hydrogen-bond donors (Lipinski definition) is 0. The second-order valence-electron chi connectivity index (χ2n) is 6.19. The molecule has 0 bridgehead atoms. The van der Waals surface area contributed by atoms with Crippen LogP contribution in [0.5, 0.6) is 0 Å². The summed E-state index contributed by atoms with van der Waals surface area (Å²) in [6, 6.07) is 22.5. The molecule has 0 saturated carbocycles. The van der Waals surface area contributed by atoms with Crippen LogP contribution in [0.15, 0.2) is 60.7 Å². The number of fused-ring (bicyclic) bond motifs is 6. The van der Waals surface area contributed by atoms with E-state index < -0.39 is 0 Å². The molecule has 0 N–H and O–H groups in total. The highest BCUT2D eigenvalue weighted by atomic mass is 14.3. The molecule has 2 aliphatic rings. The second kappa shape index (κ2) is 4.08. The molecule has 0 fully saturated rings. The van der Waals surface area contributed by atoms with Crippen LogP contribution in [0.2, 0.25) is 0 Å². The molecule has 0 spiro atoms. The maximum atomic E-state index is 2.35. The van der Waals surface area contributed by atoms with Gasteiger partial charge in [0.05, 0.1) is 0 Å². The van der Waals surface area contributed by atoms with Crippen molar-refractivity contribution >= 4 is 0 Å². The van der Waals surface area contributed by atoms with Crippen LogP contribution in [0, 0.1) is 0 Å². The Morgan fingerprint density at radius 3 is 1.95 bits per heavy atom. The molecule has 3 aromatic carbocycles. The second-order valence-corrected chi connectivity index (χ2v) is 6.19. The normalized spacial score (nSPS) is 14.1. The molecule has 2 aliphatic carbocycles. The lowest BCUT2D eigenvalue weighted by Gasteiger charge is -2.22. The summed E-state index contributed by atoms with van der Waals surface area (Å²) in [5, 5.41) is 0. The van der Waals surface area contributed by atoms with E-state index in [0.717, 1.165) is 19.3 Å². The minimum atomic E-state index is 1.09. The lowest BCUT2D eigenvalue weighted by molar-refractivity contribution is 0.978. The fourth-order valence-corrected chi connectivity index (χ4v) is 4.01. The number of benzene rings is 3. The van der Waals surface area contributed by atoms with E-state index in [2.05, 4.69) is 60.7 Å². The lowest BCUT2D eigenvalue weighted by Crippen LogP contribution is -2.09. The van der Waals surface area contributed by atoms with Crippen molar-refractivity contribution in [3.8, 4) is 11.1 Å². The Kier molecular flexibility index (Phi) is 2.20. The average Bonchev–Trinajstić information content (AvgIpc) is 2.92. The summed E-state index contributed by atoms with van der Waals surface area (Å²) in [5.74, 6) is 0. The van der Waals surface area contributed by atoms with Gasteiger partial charge in [-0.25, -0.2) is 0 Å². The van der Waals surface area contributed by atoms with E-state index in [1.165, 1.54) is 33.4 Å². The average molecular weight is 268 g/mol. The molecule has 0 amide bonds. The maximum absolute atomic E-state index is 2.35. The molecular formula is C21H16. The lowest BCUT2D eigenvalue weighted by atomic mass is 9.82. The van der Waals surface area contributed by atoms with Crippen LogP contribution >= 0.6 is 0 Å². The molecule has 0 heteroatoms. The van der Waals surface area contributed by atoms with Crippen molar-refractivity contribution in [2.45, 2.75) is 19.3 Å². The van der Waals surface area contributed by atoms with Gasteiger partial charge < -0.3 is 0 Å². The van der Waals surface area contributed by atoms with Crippen LogP contribution in [0.4, 0.5) is 0 Å². The Balaban J connectivity index is 1.70. The van der Waals surface area contributed by atoms with Crippen molar-refractivity contribution in [2.75, 3.05) is 0 Å². The predicted octanol–water partition coefficient (Wildman–Crippen LogP) is 4.75. The van der Waals surface area contributed by atoms with Crippen molar-refractivity contribution in [2.24, 2.45) is 0 Å². The van der Waals surface area contributed by atoms with Crippen LogP contribution in [0.3, 0.4) is 0 Å². The smallest absolute Gasteiger partial charge is 0.00105 e. The Morgan fingerprint density at radius 1 is 0.429 bits per heavy atom. The highest BCUT2D eigenvalue weighted by Crippen LogP contribution is 2.41. The zero-order chi connectivity index (χ0) is 13.8. The van der Waals surface area contributed by atoms with Crippen LogP contribution in [0.1, 0.15) is 33.4 Å². The summed E-state index contributed by atoms with van der Waals surface area (Å²) in [4.78, 5) is 0. The molecular weight excluding hydrogens is 252 g/mol. The zero-order valence-electron chi connectivity index (χ0n) is 11.9. The van der Waals surface area contributed by atoms with Gasteiger partial charge >= 0.3 is 0 Å². The third-order valence-corrected chi connectivity index (χ3v) is 5.07. The predicted molar refractivity (Wildman–Crippen MR) is 86.7 cm³/mol. The van der Waals surface area contributed by atoms with Crippen molar-refractivity contribution in [1.29, 1.82) is 0 Å². The van der Waals surface area contributed by atoms with Gasteiger partial charge in [-0.3, -0.25) is 0 Å². The molecule has 0 aromatic heterocycles. The first-order chi connectivity index (χ1) is 10.4. The van der Waals surface area contributed by atoms with Gasteiger partial charge in [0.1, 0.15) is 0 Å². The highest BCUT2D eigenvalue weighted by molar-refractivity contribution is 5.79. The van der Waals surface area contributed by atoms with Gasteiger partial charge in [-0.15, -0.1) is 0 Å². The Hall–Kier alpha value is -2.34. The fraction of sp³-hybridized carbons (Fsp3) is 0.143. The standard InChI is InChI=1S/C21H16/c1-2-6-15-12-20-17(11-14(15)5-1)9-10-19-18-8-4-3-7-16(18)13-21(19)20/h1-10H,11-13H2. The van der Waals surface area contributed by atoms with Gasteiger partial charge in [0.2, 0.25) is 0 Å². The van der Waals surface area contributed by atoms with E-state index in [1.807, 2.05) is 0 Å². The topological polar surface area (TPSA) is 0 Å². The summed E-state index contributed by atoms with van der Waals surface area (Å²) in [7, 11) is 0. The van der Waals surface area contributed by atoms with E-state index in [4.69, 9.17) is 0 Å². The van der Waals surface area contributed by atoms with Gasteiger partial charge in [0.15, 0.2) is 0 Å². The molecule has 0 radical (unpaired) electrons. The van der Waals surface area contributed by atoms with Crippen molar-refractivity contribution in [3.05, 3.63) is 94.0 Å². The maximum Gasteiger partial charge on any atom is -0.00105 e. The third kappa shape index (κ3) is 1.56. The monoisotopic (exact) mass is 268 g/mol. The molecule has 3 aromatic rings. The summed E-state index contributed by atoms with van der Waals surface area (Å²) in [5.41, 5.74) is 12.1. The fourth-order valence-electron chi connectivity index (χ4n) is 4.01. The SMILES string of the molecule is c1ccc2c(c1)Cc1ccc3c(c1C2)Cc1ccccc1-3. The first-order valence-corrected chi connectivity index (χ1v) is 7.69. The first kappa shape index (κ1) is 11.3. The summed E-state index contributed by atoms with van der Waals surface area (Å²) in [6.45, 7) is 0. The van der Waals surface area contributed by atoms with Gasteiger partial charge in [0.25, 0.3) is 0 Å². The van der Waals surface area contributed by atoms with E-state index in [9.17, 15) is 0 Å². The zero-order valence-corrected chi connectivity index (χ0v) is 11.9. The number of rotatable bonds is 0. The highest BCUT2D eigenvalue weighted by Gasteiger charge is 2.25. The van der Waals surface area contributed by atoms with Crippen molar-refractivity contribution in [1.82, 2.24) is 0 Å². The minimum Gasteiger partial charge on any atom is -0.0620 e. The number of hydrogen-bond acceptors (Lipinski definition) is 0. The molecule has 0 heterocycles. The summed E-state index contributed by atoms with van der Waals surface area (Å²) < 4.78 is 0. The Bertz CT molecular complexity index is 871. The molecule has 0 atom stereocenters. The largest absolute Gasteiger partial charge is 0.0620 e. The Morgan fingerprint density at radius 2 is 1.10 bits per heavy atom. The quantitative estimate of drug-likeness (QED) is 0.380. The summed E-state index contributed by atoms with van der Waals surface area (Å²) in [6.07, 6.45) is 3.30. The van der Waals surface area contributed by atoms with E-state index in [0.29, 0.717) is 0 Å². The summed E-state index contributed by atoms with van der Waals surface area (Å²) >= 11 is 0. The van der Waals surface area contributed by atoms with Crippen molar-refractivity contribution < 1.29 is 0 Å². The van der Waals surface area contributed by atoms with Gasteiger partial charge in [-0.2, -0.15) is 0 Å². The first-order valence-electron chi connectivity index (χ1n) is 7.69. The molecule has 0 nitrogen and oxygen atoms in total. The van der Waals surface area contributed by atoms with Gasteiger partial charge in [0, 0.05) is 0 Å². The minimum absolute atomic E-state index is 1.09. The van der Waals surface area contributed by atoms with Gasteiger partial charge in [-0.1, -0.05) is 60.7 Å². The molecule has 21 heavy (non-hydrogen) atoms. The van der Waals surface area contributed by atoms with Crippen LogP contribution < -0.4 is 0 Å². The van der Waals surface area contributed by atoms with E-state index in [1.54, 1.807) is 11.1 Å². The van der Waals surface area contributed by atoms with Crippen molar-refractivity contribution in [3.63, 3.8) is 0 Å². The molecule has 0 saturated heterocycles. The van der Waals surface area contributed by atoms with E-state index >= 15 is 0 Å². The molecule has 5 rings (SSSR count). The molecule has 100 valence electrons. The molecule has 0 unspecified atom stereocenters. The van der Waals surface area contributed by atoms with E-state index in [-0.39, 0.29) is 0 Å². The van der Waals surface area contributed by atoms with Crippen LogP contribution in [-0.2, 0) is 19.3 Å². The Labute approximate surface area is 125 Å². The van der Waals surface area contributed by atoms with Crippen LogP contribution in [-0.4, -0.2) is 0 Å². The van der Waals surface area contributed by atoms with Crippen LogP contribution in [0.25, 0.3) is 11.1 Å². The third-order valence-electron chi connectivity index (χ3n) is 5.07. The molecule has 0 aliphatic heterocycles. The van der Waals surface area contributed by atoms with Gasteiger partial charge in [-0.05, 0) is 63.8 Å².